The van der Waals surface area contributed by atoms with Crippen LogP contribution < -0.4 is 5.32 Å². The topological polar surface area (TPSA) is 66.5 Å². The van der Waals surface area contributed by atoms with Gasteiger partial charge >= 0.3 is 0 Å². The summed E-state index contributed by atoms with van der Waals surface area (Å²) in [5.74, 6) is 1.00. The van der Waals surface area contributed by atoms with Crippen LogP contribution in [0.4, 0.5) is 0 Å². The Hall–Kier alpha value is -2.19. The molecule has 0 spiro atoms. The van der Waals surface area contributed by atoms with E-state index < -0.39 is 0 Å². The van der Waals surface area contributed by atoms with Gasteiger partial charge in [-0.15, -0.1) is 10.2 Å². The summed E-state index contributed by atoms with van der Waals surface area (Å²) in [6, 6.07) is 9.79. The van der Waals surface area contributed by atoms with Crippen LogP contribution in [-0.2, 0) is 19.5 Å². The highest BCUT2D eigenvalue weighted by atomic mass is 15.3. The van der Waals surface area contributed by atoms with E-state index >= 15 is 0 Å². The molecule has 0 saturated carbocycles. The molecule has 1 aromatic carbocycles. The van der Waals surface area contributed by atoms with Gasteiger partial charge in [-0.05, 0) is 24.6 Å². The molecule has 0 aliphatic rings. The summed E-state index contributed by atoms with van der Waals surface area (Å²) in [6.07, 6.45) is 2.61. The Kier molecular flexibility index (Phi) is 4.65. The number of nitriles is 1. The van der Waals surface area contributed by atoms with E-state index in [1.54, 1.807) is 6.33 Å². The van der Waals surface area contributed by atoms with Crippen molar-refractivity contribution in [3.05, 3.63) is 47.5 Å². The lowest BCUT2D eigenvalue weighted by Gasteiger charge is -2.06. The van der Waals surface area contributed by atoms with Crippen LogP contribution in [0.15, 0.2) is 30.6 Å². The van der Waals surface area contributed by atoms with E-state index in [0.29, 0.717) is 5.56 Å². The van der Waals surface area contributed by atoms with Crippen LogP contribution in [-0.4, -0.2) is 21.3 Å². The van der Waals surface area contributed by atoms with Crippen LogP contribution in [0.25, 0.3) is 0 Å². The molecule has 5 nitrogen and oxygen atoms in total. The Morgan fingerprint density at radius 1 is 1.42 bits per heavy atom. The molecule has 19 heavy (non-hydrogen) atoms. The summed E-state index contributed by atoms with van der Waals surface area (Å²) in [6.45, 7) is 4.57. The average molecular weight is 255 g/mol. The second-order valence-electron chi connectivity index (χ2n) is 4.27. The maximum atomic E-state index is 8.83. The van der Waals surface area contributed by atoms with Gasteiger partial charge in [-0.25, -0.2) is 0 Å². The molecular formula is C14H17N5. The van der Waals surface area contributed by atoms with Gasteiger partial charge < -0.3 is 9.88 Å². The summed E-state index contributed by atoms with van der Waals surface area (Å²) in [5, 5.41) is 20.2. The predicted molar refractivity (Wildman–Crippen MR) is 72.3 cm³/mol. The molecule has 0 aliphatic carbocycles. The van der Waals surface area contributed by atoms with Crippen molar-refractivity contribution in [1.29, 1.82) is 5.26 Å². The zero-order valence-corrected chi connectivity index (χ0v) is 11.0. The number of rotatable bonds is 6. The third-order valence-electron chi connectivity index (χ3n) is 2.95. The molecule has 0 unspecified atom stereocenters. The van der Waals surface area contributed by atoms with Gasteiger partial charge in [0.05, 0.1) is 11.6 Å². The van der Waals surface area contributed by atoms with Crippen LogP contribution in [0.5, 0.6) is 0 Å². The van der Waals surface area contributed by atoms with Gasteiger partial charge in [0.2, 0.25) is 0 Å². The highest BCUT2D eigenvalue weighted by Crippen LogP contribution is 2.03. The first-order valence-electron chi connectivity index (χ1n) is 6.40. The number of hydrogen-bond acceptors (Lipinski definition) is 4. The summed E-state index contributed by atoms with van der Waals surface area (Å²) < 4.78 is 2.04. The van der Waals surface area contributed by atoms with Crippen molar-refractivity contribution >= 4 is 0 Å². The van der Waals surface area contributed by atoms with Gasteiger partial charge in [0, 0.05) is 26.1 Å². The minimum absolute atomic E-state index is 0.699. The highest BCUT2D eigenvalue weighted by Gasteiger charge is 2.01. The third-order valence-corrected chi connectivity index (χ3v) is 2.95. The van der Waals surface area contributed by atoms with Crippen molar-refractivity contribution in [3.8, 4) is 6.07 Å². The Balaban J connectivity index is 1.79. The number of nitrogens with one attached hydrogen (secondary N) is 1. The molecule has 0 saturated heterocycles. The molecule has 0 radical (unpaired) electrons. The normalized spacial score (nSPS) is 10.3. The van der Waals surface area contributed by atoms with E-state index in [9.17, 15) is 0 Å². The monoisotopic (exact) mass is 255 g/mol. The minimum Gasteiger partial charge on any atom is -0.318 e. The number of aryl methyl sites for hydroxylation is 1. The molecule has 0 amide bonds. The molecule has 0 aliphatic heterocycles. The maximum absolute atomic E-state index is 8.83. The van der Waals surface area contributed by atoms with Crippen LogP contribution >= 0.6 is 0 Å². The Morgan fingerprint density at radius 3 is 3.11 bits per heavy atom. The van der Waals surface area contributed by atoms with E-state index in [4.69, 9.17) is 5.26 Å². The fraction of sp³-hybridized carbons (Fsp3) is 0.357. The lowest BCUT2D eigenvalue weighted by molar-refractivity contribution is 0.632. The number of benzene rings is 1. The zero-order valence-electron chi connectivity index (χ0n) is 11.0. The third kappa shape index (κ3) is 3.63. The summed E-state index contributed by atoms with van der Waals surface area (Å²) in [5.41, 5.74) is 1.82. The van der Waals surface area contributed by atoms with Crippen LogP contribution in [0.2, 0.25) is 0 Å². The van der Waals surface area contributed by atoms with Crippen molar-refractivity contribution in [3.63, 3.8) is 0 Å². The molecule has 2 rings (SSSR count). The summed E-state index contributed by atoms with van der Waals surface area (Å²) in [7, 11) is 0. The molecule has 1 heterocycles. The van der Waals surface area contributed by atoms with Gasteiger partial charge in [-0.3, -0.25) is 0 Å². The first-order valence-corrected chi connectivity index (χ1v) is 6.40. The minimum atomic E-state index is 0.699. The molecule has 2 aromatic rings. The zero-order chi connectivity index (χ0) is 13.5. The van der Waals surface area contributed by atoms with E-state index in [2.05, 4.69) is 28.5 Å². The van der Waals surface area contributed by atoms with Crippen LogP contribution in [0.1, 0.15) is 23.9 Å². The quantitative estimate of drug-likeness (QED) is 0.794. The maximum Gasteiger partial charge on any atom is 0.134 e. The lowest BCUT2D eigenvalue weighted by Crippen LogP contribution is -2.18. The number of hydrogen-bond donors (Lipinski definition) is 1. The van der Waals surface area contributed by atoms with Crippen molar-refractivity contribution in [2.75, 3.05) is 6.54 Å². The lowest BCUT2D eigenvalue weighted by atomic mass is 10.1. The van der Waals surface area contributed by atoms with Gasteiger partial charge in [-0.1, -0.05) is 12.1 Å². The Morgan fingerprint density at radius 2 is 2.32 bits per heavy atom. The standard InChI is InChI=1S/C14H17N5/c1-2-19-11-17-18-14(19)6-7-16-10-13-5-3-4-12(8-13)9-15/h3-5,8,11,16H,2,6-7,10H2,1H3. The molecule has 5 heteroatoms. The molecule has 0 bridgehead atoms. The largest absolute Gasteiger partial charge is 0.318 e. The molecule has 0 atom stereocenters. The summed E-state index contributed by atoms with van der Waals surface area (Å²) >= 11 is 0. The number of aromatic nitrogens is 3. The van der Waals surface area contributed by atoms with Gasteiger partial charge in [0.1, 0.15) is 12.2 Å². The van der Waals surface area contributed by atoms with E-state index in [1.807, 2.05) is 28.8 Å². The molecule has 1 aromatic heterocycles. The molecule has 1 N–H and O–H groups in total. The van der Waals surface area contributed by atoms with Crippen molar-refractivity contribution in [1.82, 2.24) is 20.1 Å². The second-order valence-corrected chi connectivity index (χ2v) is 4.27. The first kappa shape index (κ1) is 13.2. The average Bonchev–Trinajstić information content (AvgIpc) is 2.91. The van der Waals surface area contributed by atoms with Crippen LogP contribution in [0.3, 0.4) is 0 Å². The predicted octanol–water partition coefficient (Wildman–Crippen LogP) is 1.50. The Bertz CT molecular complexity index is 567. The fourth-order valence-corrected chi connectivity index (χ4v) is 1.92. The Labute approximate surface area is 112 Å². The van der Waals surface area contributed by atoms with Gasteiger partial charge in [0.25, 0.3) is 0 Å². The fourth-order valence-electron chi connectivity index (χ4n) is 1.92. The van der Waals surface area contributed by atoms with Gasteiger partial charge in [0.15, 0.2) is 0 Å². The van der Waals surface area contributed by atoms with Crippen molar-refractivity contribution < 1.29 is 0 Å². The highest BCUT2D eigenvalue weighted by molar-refractivity contribution is 5.32. The van der Waals surface area contributed by atoms with E-state index in [0.717, 1.165) is 37.4 Å². The molecule has 0 fully saturated rings. The smallest absolute Gasteiger partial charge is 0.134 e. The van der Waals surface area contributed by atoms with Crippen molar-refractivity contribution in [2.24, 2.45) is 0 Å². The van der Waals surface area contributed by atoms with Crippen molar-refractivity contribution in [2.45, 2.75) is 26.4 Å². The molecular weight excluding hydrogens is 238 g/mol. The molecule has 98 valence electrons. The number of nitrogens with zero attached hydrogens (tertiary/aromatic N) is 4. The second kappa shape index (κ2) is 6.66. The van der Waals surface area contributed by atoms with E-state index in [1.165, 1.54) is 0 Å². The first-order chi connectivity index (χ1) is 9.33. The van der Waals surface area contributed by atoms with Gasteiger partial charge in [-0.2, -0.15) is 5.26 Å². The van der Waals surface area contributed by atoms with Crippen LogP contribution in [0, 0.1) is 11.3 Å². The SMILES string of the molecule is CCn1cnnc1CCNCc1cccc(C#N)c1. The summed E-state index contributed by atoms with van der Waals surface area (Å²) in [4.78, 5) is 0. The van der Waals surface area contributed by atoms with E-state index in [-0.39, 0.29) is 0 Å².